The summed E-state index contributed by atoms with van der Waals surface area (Å²) in [6.45, 7) is 22.6. The molecule has 2 rings (SSSR count). The third-order valence-corrected chi connectivity index (χ3v) is 14.2. The van der Waals surface area contributed by atoms with Gasteiger partial charge in [0, 0.05) is 30.3 Å². The van der Waals surface area contributed by atoms with Gasteiger partial charge in [-0.25, -0.2) is 4.79 Å². The Bertz CT molecular complexity index is 839. The number of aromatic nitrogens is 1. The smallest absolute Gasteiger partial charge is 0.410 e. The van der Waals surface area contributed by atoms with Gasteiger partial charge in [0.2, 0.25) is 8.32 Å². The van der Waals surface area contributed by atoms with Gasteiger partial charge in [-0.05, 0) is 56.3 Å². The second kappa shape index (κ2) is 11.5. The maximum absolute atomic E-state index is 12.5. The molecule has 1 aliphatic heterocycles. The van der Waals surface area contributed by atoms with Crippen molar-refractivity contribution in [1.82, 2.24) is 9.88 Å². The van der Waals surface area contributed by atoms with E-state index in [0.29, 0.717) is 65.4 Å². The molecule has 1 N–H and O–H groups in total. The molecule has 0 radical (unpaired) electrons. The number of nitrogens with zero attached hydrogens (tertiary/aromatic N) is 2. The standard InChI is InChI=1S/C27H47ClN2O4Si/c1-18(2)35(19(3)4,20(5)6)33-17-22-23(28)21(11-14-29-22)24(31)27(10)12-15-30(16-13-27)25(32)34-26(7,8)9/h11,14,18-20,24,31H,12-13,15-17H2,1-10H3/t24-/m1/s1. The Morgan fingerprint density at radius 2 is 1.66 bits per heavy atom. The molecule has 0 aromatic carbocycles. The summed E-state index contributed by atoms with van der Waals surface area (Å²) in [5.41, 5.74) is 1.81. The number of piperidine rings is 1. The van der Waals surface area contributed by atoms with Crippen LogP contribution in [0.25, 0.3) is 0 Å². The quantitative estimate of drug-likeness (QED) is 0.355. The molecule has 35 heavy (non-hydrogen) atoms. The Balaban J connectivity index is 2.18. The number of hydrogen-bond acceptors (Lipinski definition) is 5. The third kappa shape index (κ3) is 6.79. The van der Waals surface area contributed by atoms with E-state index >= 15 is 0 Å². The maximum Gasteiger partial charge on any atom is 0.410 e. The molecule has 0 bridgehead atoms. The van der Waals surface area contributed by atoms with Gasteiger partial charge in [0.25, 0.3) is 0 Å². The van der Waals surface area contributed by atoms with E-state index in [0.717, 1.165) is 0 Å². The second-order valence-electron chi connectivity index (χ2n) is 12.3. The molecule has 1 aromatic heterocycles. The van der Waals surface area contributed by atoms with Crippen molar-refractivity contribution in [2.24, 2.45) is 5.41 Å². The van der Waals surface area contributed by atoms with Gasteiger partial charge in [0.1, 0.15) is 5.60 Å². The first kappa shape index (κ1) is 30.1. The summed E-state index contributed by atoms with van der Waals surface area (Å²) in [5, 5.41) is 11.9. The van der Waals surface area contributed by atoms with Crippen molar-refractivity contribution in [3.8, 4) is 0 Å². The van der Waals surface area contributed by atoms with Gasteiger partial charge in [-0.2, -0.15) is 0 Å². The zero-order valence-corrected chi connectivity index (χ0v) is 25.2. The average Bonchev–Trinajstić information content (AvgIpc) is 2.73. The summed E-state index contributed by atoms with van der Waals surface area (Å²) in [7, 11) is -2.07. The van der Waals surface area contributed by atoms with E-state index in [4.69, 9.17) is 20.8 Å². The number of ether oxygens (including phenoxy) is 1. The summed E-state index contributed by atoms with van der Waals surface area (Å²) in [5.74, 6) is 0. The first-order valence-electron chi connectivity index (χ1n) is 13.0. The van der Waals surface area contributed by atoms with Crippen molar-refractivity contribution in [2.75, 3.05) is 13.1 Å². The van der Waals surface area contributed by atoms with Crippen molar-refractivity contribution in [3.63, 3.8) is 0 Å². The largest absolute Gasteiger partial charge is 0.444 e. The van der Waals surface area contributed by atoms with Crippen LogP contribution in [0.1, 0.15) is 99.4 Å². The lowest BCUT2D eigenvalue weighted by molar-refractivity contribution is -0.0258. The summed E-state index contributed by atoms with van der Waals surface area (Å²) in [6.07, 6.45) is 1.96. The van der Waals surface area contributed by atoms with Crippen LogP contribution in [0.5, 0.6) is 0 Å². The van der Waals surface area contributed by atoms with Gasteiger partial charge in [0.15, 0.2) is 0 Å². The molecule has 1 amide bonds. The summed E-state index contributed by atoms with van der Waals surface area (Å²) in [4.78, 5) is 18.7. The van der Waals surface area contributed by atoms with Crippen molar-refractivity contribution < 1.29 is 19.1 Å². The van der Waals surface area contributed by atoms with Crippen molar-refractivity contribution in [3.05, 3.63) is 28.5 Å². The Hall–Kier alpha value is -1.15. The van der Waals surface area contributed by atoms with Crippen molar-refractivity contribution in [1.29, 1.82) is 0 Å². The summed E-state index contributed by atoms with van der Waals surface area (Å²) in [6, 6.07) is 1.81. The fourth-order valence-electron chi connectivity index (χ4n) is 5.68. The topological polar surface area (TPSA) is 71.9 Å². The van der Waals surface area contributed by atoms with Crippen LogP contribution < -0.4 is 0 Å². The highest BCUT2D eigenvalue weighted by molar-refractivity contribution is 6.77. The molecule has 6 nitrogen and oxygen atoms in total. The number of carbonyl (C=O) groups excluding carboxylic acids is 1. The van der Waals surface area contributed by atoms with Crippen LogP contribution in [0.2, 0.25) is 21.6 Å². The van der Waals surface area contributed by atoms with Crippen LogP contribution in [0.3, 0.4) is 0 Å². The highest BCUT2D eigenvalue weighted by atomic mass is 35.5. The zero-order valence-electron chi connectivity index (χ0n) is 23.4. The number of hydrogen-bond donors (Lipinski definition) is 1. The van der Waals surface area contributed by atoms with Gasteiger partial charge < -0.3 is 19.2 Å². The highest BCUT2D eigenvalue weighted by Crippen LogP contribution is 2.46. The molecule has 2 heterocycles. The second-order valence-corrected chi connectivity index (χ2v) is 18.1. The normalized spacial score (nSPS) is 17.9. The lowest BCUT2D eigenvalue weighted by Gasteiger charge is -2.43. The number of aliphatic hydroxyl groups is 1. The first-order valence-corrected chi connectivity index (χ1v) is 15.5. The average molecular weight is 527 g/mol. The molecule has 0 aliphatic carbocycles. The first-order chi connectivity index (χ1) is 16.0. The predicted octanol–water partition coefficient (Wildman–Crippen LogP) is 7.50. The Morgan fingerprint density at radius 1 is 1.14 bits per heavy atom. The Labute approximate surface area is 218 Å². The van der Waals surface area contributed by atoms with Crippen LogP contribution >= 0.6 is 11.6 Å². The van der Waals surface area contributed by atoms with E-state index in [1.54, 1.807) is 17.2 Å². The molecule has 1 fully saturated rings. The lowest BCUT2D eigenvalue weighted by atomic mass is 9.73. The molecular weight excluding hydrogens is 480 g/mol. The van der Waals surface area contributed by atoms with Crippen LogP contribution in [0.4, 0.5) is 4.79 Å². The van der Waals surface area contributed by atoms with Crippen molar-refractivity contribution >= 4 is 26.0 Å². The van der Waals surface area contributed by atoms with Gasteiger partial charge in [-0.1, -0.05) is 60.1 Å². The monoisotopic (exact) mass is 526 g/mol. The van der Waals surface area contributed by atoms with E-state index in [2.05, 4.69) is 53.5 Å². The van der Waals surface area contributed by atoms with Crippen LogP contribution in [0.15, 0.2) is 12.3 Å². The third-order valence-electron chi connectivity index (χ3n) is 7.67. The Morgan fingerprint density at radius 3 is 2.11 bits per heavy atom. The van der Waals surface area contributed by atoms with E-state index in [9.17, 15) is 9.90 Å². The minimum Gasteiger partial charge on any atom is -0.444 e. The van der Waals surface area contributed by atoms with Crippen molar-refractivity contribution in [2.45, 2.75) is 117 Å². The van der Waals surface area contributed by atoms with Crippen LogP contribution in [-0.2, 0) is 15.8 Å². The van der Waals surface area contributed by atoms with E-state index in [1.807, 2.05) is 20.8 Å². The molecule has 0 spiro atoms. The SMILES string of the molecule is CC(C)[Si](OCc1nccc([C@@H](O)C2(C)CCN(C(=O)OC(C)(C)C)CC2)c1Cl)(C(C)C)C(C)C. The van der Waals surface area contributed by atoms with E-state index in [-0.39, 0.29) is 6.09 Å². The summed E-state index contributed by atoms with van der Waals surface area (Å²) < 4.78 is 12.2. The highest BCUT2D eigenvalue weighted by Gasteiger charge is 2.45. The van der Waals surface area contributed by atoms with Crippen LogP contribution in [-0.4, -0.2) is 48.1 Å². The minimum absolute atomic E-state index is 0.302. The number of carbonyl (C=O) groups is 1. The number of aliphatic hydroxyl groups excluding tert-OH is 1. The zero-order chi connectivity index (χ0) is 26.8. The van der Waals surface area contributed by atoms with Gasteiger partial charge in [0.05, 0.1) is 23.4 Å². The molecular formula is C27H47ClN2O4Si. The van der Waals surface area contributed by atoms with Crippen LogP contribution in [0, 0.1) is 5.41 Å². The molecule has 1 aliphatic rings. The van der Waals surface area contributed by atoms with E-state index in [1.165, 1.54) is 0 Å². The van der Waals surface area contributed by atoms with E-state index < -0.39 is 25.4 Å². The molecule has 1 atom stereocenters. The molecule has 8 heteroatoms. The molecule has 200 valence electrons. The number of likely N-dealkylation sites (tertiary alicyclic amines) is 1. The number of pyridine rings is 1. The fraction of sp³-hybridized carbons (Fsp3) is 0.778. The minimum atomic E-state index is -2.07. The molecule has 0 unspecified atom stereocenters. The molecule has 1 saturated heterocycles. The van der Waals surface area contributed by atoms with Gasteiger partial charge in [-0.3, -0.25) is 4.98 Å². The van der Waals surface area contributed by atoms with Gasteiger partial charge >= 0.3 is 6.09 Å². The fourth-order valence-corrected chi connectivity index (χ4v) is 11.3. The maximum atomic E-state index is 12.5. The number of rotatable bonds is 8. The molecule has 0 saturated carbocycles. The van der Waals surface area contributed by atoms with Gasteiger partial charge in [-0.15, -0.1) is 0 Å². The lowest BCUT2D eigenvalue weighted by Crippen LogP contribution is -2.47. The Kier molecular flexibility index (Phi) is 9.87. The number of halogens is 1. The predicted molar refractivity (Wildman–Crippen MR) is 145 cm³/mol. The molecule has 1 aromatic rings. The number of amides is 1. The summed E-state index contributed by atoms with van der Waals surface area (Å²) >= 11 is 6.83.